The van der Waals surface area contributed by atoms with Gasteiger partial charge in [-0.2, -0.15) is 13.2 Å². The van der Waals surface area contributed by atoms with Crippen LogP contribution in [0.5, 0.6) is 0 Å². The van der Waals surface area contributed by atoms with Gasteiger partial charge in [0, 0.05) is 6.07 Å². The number of hydrogen-bond acceptors (Lipinski definition) is 4. The van der Waals surface area contributed by atoms with Crippen LogP contribution in [0.15, 0.2) is 24.7 Å². The second kappa shape index (κ2) is 5.41. The minimum absolute atomic E-state index is 0.170. The van der Waals surface area contributed by atoms with Gasteiger partial charge in [-0.1, -0.05) is 11.6 Å². The molecule has 2 heterocycles. The van der Waals surface area contributed by atoms with Crippen LogP contribution >= 0.6 is 11.6 Å². The summed E-state index contributed by atoms with van der Waals surface area (Å²) in [6.07, 6.45) is -0.341. The zero-order valence-electron chi connectivity index (χ0n) is 9.74. The fraction of sp³-hybridized carbons (Fsp3) is 0.0909. The molecule has 2 aromatic rings. The Hall–Kier alpha value is -2.22. The molecular formula is C11H7ClF3N5. The van der Waals surface area contributed by atoms with Crippen molar-refractivity contribution in [2.45, 2.75) is 6.18 Å². The molecule has 0 amide bonds. The summed E-state index contributed by atoms with van der Waals surface area (Å²) >= 11 is 5.70. The first-order chi connectivity index (χ1) is 9.36. The fourth-order valence-corrected chi connectivity index (χ4v) is 1.44. The summed E-state index contributed by atoms with van der Waals surface area (Å²) in [6, 6.07) is 1.49. The Morgan fingerprint density at radius 2 is 2.05 bits per heavy atom. The molecule has 0 spiro atoms. The van der Waals surface area contributed by atoms with Crippen LogP contribution in [0, 0.1) is 5.41 Å². The molecule has 2 rings (SSSR count). The number of halogens is 4. The van der Waals surface area contributed by atoms with E-state index in [0.29, 0.717) is 17.5 Å². The second-order valence-electron chi connectivity index (χ2n) is 3.65. The Kier molecular flexibility index (Phi) is 3.84. The summed E-state index contributed by atoms with van der Waals surface area (Å²) in [4.78, 5) is 14.3. The van der Waals surface area contributed by atoms with Gasteiger partial charge in [0.25, 0.3) is 0 Å². The Morgan fingerprint density at radius 1 is 1.30 bits per heavy atom. The summed E-state index contributed by atoms with van der Waals surface area (Å²) in [7, 11) is 0. The minimum Gasteiger partial charge on any atom is -0.337 e. The Balaban J connectivity index is 2.18. The van der Waals surface area contributed by atoms with Gasteiger partial charge in [0.2, 0.25) is 0 Å². The Bertz CT molecular complexity index is 662. The summed E-state index contributed by atoms with van der Waals surface area (Å²) in [5.41, 5.74) is -0.518. The third kappa shape index (κ3) is 3.41. The molecule has 0 saturated heterocycles. The van der Waals surface area contributed by atoms with Gasteiger partial charge in [0.15, 0.2) is 0 Å². The van der Waals surface area contributed by atoms with Gasteiger partial charge < -0.3 is 4.98 Å². The molecule has 0 aliphatic carbocycles. The van der Waals surface area contributed by atoms with E-state index in [2.05, 4.69) is 19.9 Å². The van der Waals surface area contributed by atoms with Crippen LogP contribution in [0.1, 0.15) is 5.82 Å². The molecule has 0 radical (unpaired) electrons. The molecule has 0 aliphatic heterocycles. The van der Waals surface area contributed by atoms with Gasteiger partial charge in [0.05, 0.1) is 17.6 Å². The number of aromatic nitrogens is 4. The van der Waals surface area contributed by atoms with Crippen molar-refractivity contribution >= 4 is 23.4 Å². The average Bonchev–Trinajstić information content (AvgIpc) is 2.83. The van der Waals surface area contributed by atoms with E-state index in [1.807, 2.05) is 0 Å². The normalized spacial score (nSPS) is 12.0. The van der Waals surface area contributed by atoms with E-state index >= 15 is 0 Å². The average molecular weight is 302 g/mol. The van der Waals surface area contributed by atoms with Crippen LogP contribution < -0.4 is 0 Å². The molecule has 0 saturated carbocycles. The number of hydrogen-bond donors (Lipinski definition) is 2. The summed E-state index contributed by atoms with van der Waals surface area (Å²) in [6.45, 7) is 0. The molecule has 0 atom stereocenters. The minimum atomic E-state index is -4.67. The van der Waals surface area contributed by atoms with Gasteiger partial charge in [-0.15, -0.1) is 0 Å². The highest BCUT2D eigenvalue weighted by Gasteiger charge is 2.32. The van der Waals surface area contributed by atoms with Crippen LogP contribution in [0.3, 0.4) is 0 Å². The Labute approximate surface area is 116 Å². The lowest BCUT2D eigenvalue weighted by molar-refractivity contribution is -0.0583. The van der Waals surface area contributed by atoms with Crippen molar-refractivity contribution in [2.75, 3.05) is 0 Å². The molecule has 9 heteroatoms. The molecule has 0 fully saturated rings. The van der Waals surface area contributed by atoms with Crippen molar-refractivity contribution in [1.29, 1.82) is 5.41 Å². The van der Waals surface area contributed by atoms with Crippen molar-refractivity contribution in [3.63, 3.8) is 0 Å². The van der Waals surface area contributed by atoms with Crippen LogP contribution in [-0.2, 0) is 0 Å². The van der Waals surface area contributed by atoms with Crippen molar-refractivity contribution in [3.05, 3.63) is 35.6 Å². The van der Waals surface area contributed by atoms with Gasteiger partial charge in [0.1, 0.15) is 23.0 Å². The summed E-state index contributed by atoms with van der Waals surface area (Å²) in [5, 5.41) is 7.03. The third-order valence-corrected chi connectivity index (χ3v) is 2.43. The molecule has 0 aliphatic rings. The molecular weight excluding hydrogens is 295 g/mol. The highest BCUT2D eigenvalue weighted by molar-refractivity contribution is 6.29. The number of allylic oxidation sites excluding steroid dienone is 1. The predicted octanol–water partition coefficient (Wildman–Crippen LogP) is 3.12. The van der Waals surface area contributed by atoms with E-state index in [0.717, 1.165) is 6.08 Å². The van der Waals surface area contributed by atoms with Crippen molar-refractivity contribution in [2.24, 2.45) is 0 Å². The molecule has 2 N–H and O–H groups in total. The molecule has 0 unspecified atom stereocenters. The van der Waals surface area contributed by atoms with Gasteiger partial charge in [-0.05, 0) is 12.2 Å². The topological polar surface area (TPSA) is 78.3 Å². The second-order valence-corrected chi connectivity index (χ2v) is 4.04. The number of nitrogens with zero attached hydrogens (tertiary/aromatic N) is 3. The van der Waals surface area contributed by atoms with Crippen LogP contribution in [0.4, 0.5) is 13.2 Å². The highest BCUT2D eigenvalue weighted by Crippen LogP contribution is 2.19. The molecule has 2 aromatic heterocycles. The molecule has 5 nitrogen and oxygen atoms in total. The number of nitrogens with one attached hydrogen (secondary N) is 2. The third-order valence-electron chi connectivity index (χ3n) is 2.22. The van der Waals surface area contributed by atoms with Crippen LogP contribution in [-0.4, -0.2) is 31.8 Å². The maximum Gasteiger partial charge on any atom is 0.432 e. The van der Waals surface area contributed by atoms with Crippen LogP contribution in [0.25, 0.3) is 17.5 Å². The lowest BCUT2D eigenvalue weighted by atomic mass is 10.3. The van der Waals surface area contributed by atoms with Gasteiger partial charge in [-0.3, -0.25) is 5.41 Å². The maximum atomic E-state index is 12.1. The highest BCUT2D eigenvalue weighted by atomic mass is 35.5. The number of aromatic amines is 1. The zero-order valence-corrected chi connectivity index (χ0v) is 10.5. The van der Waals surface area contributed by atoms with E-state index in [4.69, 9.17) is 17.0 Å². The lowest BCUT2D eigenvalue weighted by Crippen LogP contribution is -2.19. The quantitative estimate of drug-likeness (QED) is 0.675. The largest absolute Gasteiger partial charge is 0.432 e. The van der Waals surface area contributed by atoms with Crippen molar-refractivity contribution in [1.82, 2.24) is 19.9 Å². The first kappa shape index (κ1) is 14.2. The lowest BCUT2D eigenvalue weighted by Gasteiger charge is -2.01. The Morgan fingerprint density at radius 3 is 2.70 bits per heavy atom. The molecule has 0 aromatic carbocycles. The van der Waals surface area contributed by atoms with E-state index < -0.39 is 11.9 Å². The molecule has 104 valence electrons. The van der Waals surface area contributed by atoms with Crippen molar-refractivity contribution < 1.29 is 13.2 Å². The summed E-state index contributed by atoms with van der Waals surface area (Å²) < 4.78 is 36.4. The number of alkyl halides is 3. The van der Waals surface area contributed by atoms with Crippen molar-refractivity contribution in [3.8, 4) is 11.4 Å². The van der Waals surface area contributed by atoms with E-state index in [1.54, 1.807) is 0 Å². The smallest absolute Gasteiger partial charge is 0.337 e. The summed E-state index contributed by atoms with van der Waals surface area (Å²) in [5.74, 6) is 0.170. The predicted molar refractivity (Wildman–Crippen MR) is 67.4 cm³/mol. The van der Waals surface area contributed by atoms with Crippen LogP contribution in [0.2, 0.25) is 5.15 Å². The van der Waals surface area contributed by atoms with E-state index in [-0.39, 0.29) is 11.0 Å². The van der Waals surface area contributed by atoms with Gasteiger partial charge >= 0.3 is 6.18 Å². The molecule has 0 bridgehead atoms. The van der Waals surface area contributed by atoms with E-state index in [1.165, 1.54) is 18.6 Å². The number of imidazole rings is 1. The molecule has 20 heavy (non-hydrogen) atoms. The standard InChI is InChI=1S/C11H7ClF3N5/c12-9-3-6(18-5-19-9)7-4-17-10(20-7)2-1-8(16)11(13,14)15/h1-5,16H,(H,17,20)/b2-1-,16-8?. The first-order valence-electron chi connectivity index (χ1n) is 5.23. The fourth-order valence-electron chi connectivity index (χ4n) is 1.29. The first-order valence-corrected chi connectivity index (χ1v) is 5.61. The number of rotatable bonds is 3. The SMILES string of the molecule is N=C(/C=C\c1ncc(-c2cc(Cl)ncn2)[nH]1)C(F)(F)F. The maximum absolute atomic E-state index is 12.1. The zero-order chi connectivity index (χ0) is 14.8. The number of H-pyrrole nitrogens is 1. The van der Waals surface area contributed by atoms with Gasteiger partial charge in [-0.25, -0.2) is 15.0 Å². The monoisotopic (exact) mass is 301 g/mol. The van der Waals surface area contributed by atoms with E-state index in [9.17, 15) is 13.2 Å².